The zero-order valence-electron chi connectivity index (χ0n) is 7.36. The van der Waals surface area contributed by atoms with E-state index in [1.165, 1.54) is 22.6 Å². The number of aromatic nitrogens is 1. The van der Waals surface area contributed by atoms with Crippen molar-refractivity contribution in [2.45, 2.75) is 12.6 Å². The molecule has 0 atom stereocenters. The Morgan fingerprint density at radius 3 is 2.31 bits per heavy atom. The predicted octanol–water partition coefficient (Wildman–Crippen LogP) is 3.46. The van der Waals surface area contributed by atoms with Crippen LogP contribution in [0, 0.1) is 3.57 Å². The highest BCUT2D eigenvalue weighted by Gasteiger charge is 2.37. The molecular weight excluding hydrogens is 348 g/mol. The number of hydrogen-bond donors (Lipinski definition) is 0. The Kier molecular flexibility index (Phi) is 3.81. The molecule has 1 aromatic rings. The molecule has 0 amide bonds. The first-order valence-electron chi connectivity index (χ1n) is 3.78. The standard InChI is InChI=1S/C8H3F5INO/c9-7(10)4-1-3(14)6(8(11,12)13)5(2-16)15-4/h1-2,7H. The fourth-order valence-electron chi connectivity index (χ4n) is 1.03. The summed E-state index contributed by atoms with van der Waals surface area (Å²) in [4.78, 5) is 13.4. The van der Waals surface area contributed by atoms with Crippen molar-refractivity contribution in [1.82, 2.24) is 4.98 Å². The lowest BCUT2D eigenvalue weighted by Gasteiger charge is -2.12. The van der Waals surface area contributed by atoms with E-state index >= 15 is 0 Å². The maximum Gasteiger partial charge on any atom is 0.419 e. The van der Waals surface area contributed by atoms with Crippen LogP contribution in [0.25, 0.3) is 0 Å². The van der Waals surface area contributed by atoms with E-state index in [0.29, 0.717) is 6.07 Å². The van der Waals surface area contributed by atoms with E-state index in [1.807, 2.05) is 0 Å². The highest BCUT2D eigenvalue weighted by atomic mass is 127. The minimum Gasteiger partial charge on any atom is -0.296 e. The Labute approximate surface area is 100.0 Å². The lowest BCUT2D eigenvalue weighted by atomic mass is 10.1. The third-order valence-electron chi connectivity index (χ3n) is 1.64. The van der Waals surface area contributed by atoms with Crippen molar-refractivity contribution in [3.8, 4) is 0 Å². The second-order valence-corrected chi connectivity index (χ2v) is 3.87. The molecule has 1 rings (SSSR count). The van der Waals surface area contributed by atoms with Gasteiger partial charge in [0.2, 0.25) is 0 Å². The van der Waals surface area contributed by atoms with Gasteiger partial charge in [-0.2, -0.15) is 13.2 Å². The first-order valence-corrected chi connectivity index (χ1v) is 4.86. The molecule has 88 valence electrons. The highest BCUT2D eigenvalue weighted by molar-refractivity contribution is 14.1. The molecule has 1 heterocycles. The normalized spacial score (nSPS) is 11.9. The van der Waals surface area contributed by atoms with E-state index in [1.54, 1.807) is 0 Å². The SMILES string of the molecule is O=Cc1nc(C(F)F)cc(I)c1C(F)(F)F. The fraction of sp³-hybridized carbons (Fsp3) is 0.250. The zero-order chi connectivity index (χ0) is 12.5. The highest BCUT2D eigenvalue weighted by Crippen LogP contribution is 2.35. The van der Waals surface area contributed by atoms with Crippen LogP contribution in [0.3, 0.4) is 0 Å². The molecule has 16 heavy (non-hydrogen) atoms. The van der Waals surface area contributed by atoms with E-state index in [0.717, 1.165) is 0 Å². The molecule has 0 aliphatic heterocycles. The van der Waals surface area contributed by atoms with Gasteiger partial charge < -0.3 is 0 Å². The molecule has 0 aliphatic carbocycles. The van der Waals surface area contributed by atoms with Gasteiger partial charge in [0.1, 0.15) is 11.4 Å². The molecule has 0 aliphatic rings. The summed E-state index contributed by atoms with van der Waals surface area (Å²) in [5.41, 5.74) is -3.15. The van der Waals surface area contributed by atoms with E-state index in [-0.39, 0.29) is 6.29 Å². The first kappa shape index (κ1) is 13.3. The summed E-state index contributed by atoms with van der Waals surface area (Å²) in [7, 11) is 0. The maximum atomic E-state index is 12.4. The van der Waals surface area contributed by atoms with Gasteiger partial charge in [-0.3, -0.25) is 4.79 Å². The molecule has 0 saturated heterocycles. The summed E-state index contributed by atoms with van der Waals surface area (Å²) in [5, 5.41) is 0. The number of hydrogen-bond acceptors (Lipinski definition) is 2. The average Bonchev–Trinajstić information content (AvgIpc) is 2.14. The van der Waals surface area contributed by atoms with Crippen molar-refractivity contribution in [2.75, 3.05) is 0 Å². The van der Waals surface area contributed by atoms with Gasteiger partial charge in [-0.1, -0.05) is 0 Å². The molecular formula is C8H3F5INO. The summed E-state index contributed by atoms with van der Waals surface area (Å²) in [6.45, 7) is 0. The molecule has 2 nitrogen and oxygen atoms in total. The Morgan fingerprint density at radius 1 is 1.38 bits per heavy atom. The lowest BCUT2D eigenvalue weighted by Crippen LogP contribution is -2.14. The third-order valence-corrected chi connectivity index (χ3v) is 2.49. The van der Waals surface area contributed by atoms with Crippen molar-refractivity contribution < 1.29 is 26.7 Å². The molecule has 1 aromatic heterocycles. The van der Waals surface area contributed by atoms with E-state index in [4.69, 9.17) is 0 Å². The number of nitrogens with zero attached hydrogens (tertiary/aromatic N) is 1. The van der Waals surface area contributed by atoms with Gasteiger partial charge in [0.05, 0.1) is 5.56 Å². The summed E-state index contributed by atoms with van der Waals surface area (Å²) >= 11 is 1.24. The number of halogens is 6. The van der Waals surface area contributed by atoms with Gasteiger partial charge in [-0.25, -0.2) is 13.8 Å². The van der Waals surface area contributed by atoms with Crippen molar-refractivity contribution in [1.29, 1.82) is 0 Å². The molecule has 0 radical (unpaired) electrons. The van der Waals surface area contributed by atoms with Crippen molar-refractivity contribution in [3.63, 3.8) is 0 Å². The number of carbonyl (C=O) groups is 1. The molecule has 0 N–H and O–H groups in total. The van der Waals surface area contributed by atoms with Crippen LogP contribution in [0.1, 0.15) is 28.2 Å². The monoisotopic (exact) mass is 351 g/mol. The van der Waals surface area contributed by atoms with Gasteiger partial charge in [0, 0.05) is 3.57 Å². The van der Waals surface area contributed by atoms with Crippen LogP contribution in [-0.2, 0) is 6.18 Å². The summed E-state index contributed by atoms with van der Waals surface area (Å²) in [6, 6.07) is 0.612. The average molecular weight is 351 g/mol. The van der Waals surface area contributed by atoms with Crippen LogP contribution < -0.4 is 0 Å². The van der Waals surface area contributed by atoms with E-state index < -0.39 is 33.1 Å². The largest absolute Gasteiger partial charge is 0.419 e. The summed E-state index contributed by atoms with van der Waals surface area (Å²) in [6.07, 6.45) is -7.99. The quantitative estimate of drug-likeness (QED) is 0.464. The van der Waals surface area contributed by atoms with E-state index in [9.17, 15) is 26.7 Å². The molecule has 0 saturated carbocycles. The first-order chi connectivity index (χ1) is 7.27. The van der Waals surface area contributed by atoms with Crippen LogP contribution in [0.4, 0.5) is 22.0 Å². The molecule has 0 spiro atoms. The molecule has 0 aromatic carbocycles. The minimum absolute atomic E-state index is 0.184. The summed E-state index contributed by atoms with van der Waals surface area (Å²) < 4.78 is 61.3. The second-order valence-electron chi connectivity index (χ2n) is 2.71. The fourth-order valence-corrected chi connectivity index (χ4v) is 1.93. The number of aldehydes is 1. The van der Waals surface area contributed by atoms with Crippen LogP contribution in [0.2, 0.25) is 0 Å². The Hall–Kier alpha value is -0.800. The number of alkyl halides is 5. The van der Waals surface area contributed by atoms with Gasteiger partial charge in [0.25, 0.3) is 6.43 Å². The molecule has 0 unspecified atom stereocenters. The van der Waals surface area contributed by atoms with Crippen LogP contribution in [-0.4, -0.2) is 11.3 Å². The number of pyridine rings is 1. The van der Waals surface area contributed by atoms with Crippen molar-refractivity contribution >= 4 is 28.9 Å². The summed E-state index contributed by atoms with van der Waals surface area (Å²) in [5.74, 6) is 0. The van der Waals surface area contributed by atoms with Crippen molar-refractivity contribution in [2.24, 2.45) is 0 Å². The van der Waals surface area contributed by atoms with Crippen LogP contribution >= 0.6 is 22.6 Å². The molecule has 0 bridgehead atoms. The van der Waals surface area contributed by atoms with Gasteiger partial charge >= 0.3 is 6.18 Å². The smallest absolute Gasteiger partial charge is 0.296 e. The Bertz CT molecular complexity index is 418. The van der Waals surface area contributed by atoms with Gasteiger partial charge in [0.15, 0.2) is 6.29 Å². The van der Waals surface area contributed by atoms with Gasteiger partial charge in [-0.15, -0.1) is 0 Å². The topological polar surface area (TPSA) is 30.0 Å². The predicted molar refractivity (Wildman–Crippen MR) is 52.3 cm³/mol. The third kappa shape index (κ3) is 2.66. The van der Waals surface area contributed by atoms with E-state index in [2.05, 4.69) is 4.98 Å². The lowest BCUT2D eigenvalue weighted by molar-refractivity contribution is -0.138. The van der Waals surface area contributed by atoms with Crippen molar-refractivity contribution in [3.05, 3.63) is 26.6 Å². The zero-order valence-corrected chi connectivity index (χ0v) is 9.51. The maximum absolute atomic E-state index is 12.4. The molecule has 0 fully saturated rings. The van der Waals surface area contributed by atoms with Crippen LogP contribution in [0.5, 0.6) is 0 Å². The Balaban J connectivity index is 3.47. The number of carbonyl (C=O) groups excluding carboxylic acids is 1. The van der Waals surface area contributed by atoms with Gasteiger partial charge in [-0.05, 0) is 28.7 Å². The van der Waals surface area contributed by atoms with Crippen LogP contribution in [0.15, 0.2) is 6.07 Å². The second kappa shape index (κ2) is 4.60. The minimum atomic E-state index is -4.79. The number of rotatable bonds is 2. The Morgan fingerprint density at radius 2 is 1.94 bits per heavy atom. The molecule has 8 heteroatoms.